The smallest absolute Gasteiger partial charge is 0.255 e. The molecule has 4 aromatic rings. The van der Waals surface area contributed by atoms with E-state index in [4.69, 9.17) is 0 Å². The molecule has 0 aliphatic rings. The number of rotatable bonds is 4. The third-order valence-corrected chi connectivity index (χ3v) is 4.96. The first-order valence-corrected chi connectivity index (χ1v) is 9.76. The van der Waals surface area contributed by atoms with Crippen LogP contribution < -0.4 is 5.56 Å². The maximum atomic E-state index is 12.9. The number of aromatic nitrogens is 4. The largest absolute Gasteiger partial charge is 0.277 e. The van der Waals surface area contributed by atoms with Crippen molar-refractivity contribution in [2.45, 2.75) is 20.8 Å². The van der Waals surface area contributed by atoms with Crippen LogP contribution in [0.15, 0.2) is 71.9 Å². The zero-order valence-corrected chi connectivity index (χ0v) is 17.1. The predicted molar refractivity (Wildman–Crippen MR) is 120 cm³/mol. The lowest BCUT2D eigenvalue weighted by Gasteiger charge is -2.14. The minimum atomic E-state index is -0.0571. The summed E-state index contributed by atoms with van der Waals surface area (Å²) in [7, 11) is 1.90. The van der Waals surface area contributed by atoms with E-state index in [1.165, 1.54) is 0 Å². The van der Waals surface area contributed by atoms with Crippen LogP contribution in [0.4, 0.5) is 0 Å². The summed E-state index contributed by atoms with van der Waals surface area (Å²) in [5.41, 5.74) is 4.60. The number of hydrogen-bond acceptors (Lipinski definition) is 3. The Balaban J connectivity index is 2.06. The van der Waals surface area contributed by atoms with E-state index < -0.39 is 0 Å². The third-order valence-electron chi connectivity index (χ3n) is 4.96. The number of allylic oxidation sites excluding steroid dienone is 4. The molecule has 0 fully saturated rings. The van der Waals surface area contributed by atoms with Crippen molar-refractivity contribution in [3.05, 3.63) is 77.5 Å². The van der Waals surface area contributed by atoms with Crippen molar-refractivity contribution in [3.63, 3.8) is 0 Å². The van der Waals surface area contributed by atoms with Crippen molar-refractivity contribution < 1.29 is 0 Å². The Labute approximate surface area is 169 Å². The Morgan fingerprint density at radius 3 is 2.62 bits per heavy atom. The highest BCUT2D eigenvalue weighted by Crippen LogP contribution is 2.29. The summed E-state index contributed by atoms with van der Waals surface area (Å²) >= 11 is 0. The van der Waals surface area contributed by atoms with Crippen molar-refractivity contribution in [1.82, 2.24) is 19.3 Å². The van der Waals surface area contributed by atoms with Crippen LogP contribution in [0.5, 0.6) is 0 Å². The molecule has 0 saturated carbocycles. The lowest BCUT2D eigenvalue weighted by molar-refractivity contribution is 0.768. The molecule has 146 valence electrons. The van der Waals surface area contributed by atoms with Crippen molar-refractivity contribution in [3.8, 4) is 11.1 Å². The van der Waals surface area contributed by atoms with Gasteiger partial charge in [-0.1, -0.05) is 32.1 Å². The fourth-order valence-corrected chi connectivity index (χ4v) is 3.51. The van der Waals surface area contributed by atoms with Gasteiger partial charge in [-0.3, -0.25) is 19.0 Å². The number of nitrogens with zero attached hydrogens (tertiary/aromatic N) is 4. The van der Waals surface area contributed by atoms with E-state index >= 15 is 0 Å². The maximum Gasteiger partial charge on any atom is 0.255 e. The van der Waals surface area contributed by atoms with Gasteiger partial charge < -0.3 is 0 Å². The van der Waals surface area contributed by atoms with Crippen LogP contribution in [0.1, 0.15) is 20.8 Å². The van der Waals surface area contributed by atoms with Gasteiger partial charge in [-0.05, 0) is 42.7 Å². The van der Waals surface area contributed by atoms with Crippen LogP contribution in [0.3, 0.4) is 0 Å². The normalized spacial score (nSPS) is 12.7. The summed E-state index contributed by atoms with van der Waals surface area (Å²) in [6, 6.07) is 9.58. The molecule has 0 aliphatic heterocycles. The molecule has 0 spiro atoms. The van der Waals surface area contributed by atoms with E-state index in [0.717, 1.165) is 38.6 Å². The van der Waals surface area contributed by atoms with Gasteiger partial charge in [-0.15, -0.1) is 0 Å². The number of pyridine rings is 2. The lowest BCUT2D eigenvalue weighted by Crippen LogP contribution is -2.18. The van der Waals surface area contributed by atoms with Crippen molar-refractivity contribution in [2.24, 2.45) is 13.0 Å². The van der Waals surface area contributed by atoms with Gasteiger partial charge >= 0.3 is 0 Å². The van der Waals surface area contributed by atoms with E-state index in [-0.39, 0.29) is 5.56 Å². The summed E-state index contributed by atoms with van der Waals surface area (Å²) in [5.74, 6) is 0.395. The van der Waals surface area contributed by atoms with Crippen LogP contribution in [0.2, 0.25) is 0 Å². The maximum absolute atomic E-state index is 12.9. The zero-order valence-electron chi connectivity index (χ0n) is 17.1. The van der Waals surface area contributed by atoms with E-state index in [1.807, 2.05) is 62.9 Å². The first-order chi connectivity index (χ1) is 14.0. The monoisotopic (exact) mass is 384 g/mol. The fraction of sp³-hybridized carbons (Fsp3) is 0.208. The van der Waals surface area contributed by atoms with Crippen LogP contribution >= 0.6 is 0 Å². The molecule has 0 saturated heterocycles. The van der Waals surface area contributed by atoms with Gasteiger partial charge in [0.05, 0.1) is 17.2 Å². The molecule has 5 nitrogen and oxygen atoms in total. The molecule has 3 heterocycles. The minimum Gasteiger partial charge on any atom is -0.277 e. The van der Waals surface area contributed by atoms with E-state index in [2.05, 4.69) is 36.1 Å². The average molecular weight is 384 g/mol. The van der Waals surface area contributed by atoms with Gasteiger partial charge in [0.15, 0.2) is 0 Å². The molecule has 4 rings (SSSR count). The second-order valence-electron chi connectivity index (χ2n) is 7.52. The van der Waals surface area contributed by atoms with Gasteiger partial charge in [0.2, 0.25) is 0 Å². The Bertz CT molecular complexity index is 1320. The summed E-state index contributed by atoms with van der Waals surface area (Å²) < 4.78 is 3.57. The predicted octanol–water partition coefficient (Wildman–Crippen LogP) is 5.02. The summed E-state index contributed by atoms with van der Waals surface area (Å²) in [6.07, 6.45) is 11.7. The number of hydrogen-bond donors (Lipinski definition) is 0. The Hall–Kier alpha value is -3.47. The summed E-state index contributed by atoms with van der Waals surface area (Å²) in [4.78, 5) is 17.5. The lowest BCUT2D eigenvalue weighted by atomic mass is 10.0. The van der Waals surface area contributed by atoms with Gasteiger partial charge in [0.25, 0.3) is 5.56 Å². The molecule has 3 aromatic heterocycles. The van der Waals surface area contributed by atoms with Crippen LogP contribution in [0.25, 0.3) is 38.6 Å². The van der Waals surface area contributed by atoms with Gasteiger partial charge in [-0.25, -0.2) is 0 Å². The molecular weight excluding hydrogens is 360 g/mol. The standard InChI is InChI=1S/C24H24N4O/c1-5-20(9-6-16(2)3)28-23(29)11-8-18-13-25-22-10-7-17(12-21(22)24(18)28)19-14-26-27(4)15-19/h5-16H,1-4H3/b9-6-,20-5+. The summed E-state index contributed by atoms with van der Waals surface area (Å²) in [5, 5.41) is 6.15. The topological polar surface area (TPSA) is 52.7 Å². The average Bonchev–Trinajstić information content (AvgIpc) is 3.15. The molecular formula is C24H24N4O. The minimum absolute atomic E-state index is 0.0571. The Morgan fingerprint density at radius 2 is 1.93 bits per heavy atom. The molecule has 0 radical (unpaired) electrons. The highest BCUT2D eigenvalue weighted by molar-refractivity contribution is 6.06. The summed E-state index contributed by atoms with van der Waals surface area (Å²) in [6.45, 7) is 6.19. The molecule has 0 amide bonds. The number of aryl methyl sites for hydroxylation is 1. The molecule has 29 heavy (non-hydrogen) atoms. The highest BCUT2D eigenvalue weighted by atomic mass is 16.1. The van der Waals surface area contributed by atoms with Crippen LogP contribution in [-0.2, 0) is 7.05 Å². The van der Waals surface area contributed by atoms with E-state index in [0.29, 0.717) is 5.92 Å². The molecule has 0 aliphatic carbocycles. The van der Waals surface area contributed by atoms with Gasteiger partial charge in [-0.2, -0.15) is 5.10 Å². The second kappa shape index (κ2) is 7.51. The molecule has 0 atom stereocenters. The van der Waals surface area contributed by atoms with Gasteiger partial charge in [0, 0.05) is 47.5 Å². The Morgan fingerprint density at radius 1 is 1.10 bits per heavy atom. The molecule has 0 unspecified atom stereocenters. The van der Waals surface area contributed by atoms with E-state index in [9.17, 15) is 4.79 Å². The number of benzene rings is 1. The SMILES string of the molecule is C/C=C(\C=C/C(C)C)n1c(=O)ccc2cnc3ccc(-c4cnn(C)c4)cc3c21. The Kier molecular flexibility index (Phi) is 4.89. The quantitative estimate of drug-likeness (QED) is 0.367. The van der Waals surface area contributed by atoms with Crippen LogP contribution in [0, 0.1) is 5.92 Å². The molecule has 0 N–H and O–H groups in total. The van der Waals surface area contributed by atoms with Crippen LogP contribution in [-0.4, -0.2) is 19.3 Å². The first kappa shape index (κ1) is 18.9. The molecule has 0 bridgehead atoms. The second-order valence-corrected chi connectivity index (χ2v) is 7.52. The zero-order chi connectivity index (χ0) is 20.5. The van der Waals surface area contributed by atoms with Gasteiger partial charge in [0.1, 0.15) is 0 Å². The molecule has 1 aromatic carbocycles. The van der Waals surface area contributed by atoms with E-state index in [1.54, 1.807) is 15.3 Å². The number of fused-ring (bicyclic) bond motifs is 3. The highest BCUT2D eigenvalue weighted by Gasteiger charge is 2.12. The third kappa shape index (κ3) is 3.51. The molecule has 5 heteroatoms. The van der Waals surface area contributed by atoms with Crippen molar-refractivity contribution >= 4 is 27.5 Å². The van der Waals surface area contributed by atoms with Crippen molar-refractivity contribution in [1.29, 1.82) is 0 Å². The first-order valence-electron chi connectivity index (χ1n) is 9.76. The van der Waals surface area contributed by atoms with Crippen molar-refractivity contribution in [2.75, 3.05) is 0 Å². The fourth-order valence-electron chi connectivity index (χ4n) is 3.51.